The minimum Gasteiger partial charge on any atom is -0.280 e. The normalized spacial score (nSPS) is 13.8. The van der Waals surface area contributed by atoms with E-state index in [1.54, 1.807) is 15.4 Å². The molecule has 0 amide bonds. The molecule has 3 heterocycles. The minimum atomic E-state index is -3.59. The Balaban J connectivity index is 2.01. The third-order valence-electron chi connectivity index (χ3n) is 4.32. The van der Waals surface area contributed by atoms with Gasteiger partial charge in [-0.3, -0.25) is 9.48 Å². The Bertz CT molecular complexity index is 1160. The summed E-state index contributed by atoms with van der Waals surface area (Å²) in [6.45, 7) is 1.18. The van der Waals surface area contributed by atoms with E-state index in [9.17, 15) is 17.6 Å². The van der Waals surface area contributed by atoms with E-state index in [1.807, 2.05) is 0 Å². The summed E-state index contributed by atoms with van der Waals surface area (Å²) in [4.78, 5) is 20.9. The van der Waals surface area contributed by atoms with E-state index in [-0.39, 0.29) is 10.7 Å². The second kappa shape index (κ2) is 5.87. The Morgan fingerprint density at radius 3 is 2.46 bits per heavy atom. The van der Waals surface area contributed by atoms with Crippen molar-refractivity contribution in [1.29, 1.82) is 0 Å². The van der Waals surface area contributed by atoms with Crippen LogP contribution in [0.25, 0.3) is 22.5 Å². The molecule has 0 spiro atoms. The molecule has 0 saturated heterocycles. The van der Waals surface area contributed by atoms with E-state index in [2.05, 4.69) is 9.97 Å². The van der Waals surface area contributed by atoms with Crippen LogP contribution in [0.3, 0.4) is 0 Å². The van der Waals surface area contributed by atoms with Gasteiger partial charge in [-0.1, -0.05) is 12.1 Å². The molecule has 0 radical (unpaired) electrons. The van der Waals surface area contributed by atoms with Gasteiger partial charge in [0.25, 0.3) is 5.56 Å². The number of nitrogens with zero attached hydrogens (tertiary/aromatic N) is 4. The largest absolute Gasteiger partial charge is 0.280 e. The molecule has 0 atom stereocenters. The van der Waals surface area contributed by atoms with Crippen LogP contribution in [0.5, 0.6) is 0 Å². The van der Waals surface area contributed by atoms with Crippen molar-refractivity contribution in [1.82, 2.24) is 19.3 Å². The summed E-state index contributed by atoms with van der Waals surface area (Å²) in [7, 11) is -3.59. The lowest BCUT2D eigenvalue weighted by molar-refractivity contribution is 0.590. The van der Waals surface area contributed by atoms with Crippen LogP contribution in [0.2, 0.25) is 0 Å². The predicted octanol–water partition coefficient (Wildman–Crippen LogP) is 1.72. The van der Waals surface area contributed by atoms with Crippen molar-refractivity contribution in [3.63, 3.8) is 0 Å². The first-order valence-electron chi connectivity index (χ1n) is 7.99. The summed E-state index contributed by atoms with van der Waals surface area (Å²) in [6, 6.07) is 7.21. The Hall–Kier alpha value is -2.81. The monoisotopic (exact) mass is 374 g/mol. The number of hydrogen-bond donors (Lipinski definition) is 0. The molecule has 134 valence electrons. The summed E-state index contributed by atoms with van der Waals surface area (Å²) in [6.07, 6.45) is 3.19. The van der Waals surface area contributed by atoms with Crippen LogP contribution in [-0.4, -0.2) is 34.0 Å². The first kappa shape index (κ1) is 16.6. The first-order chi connectivity index (χ1) is 12.4. The van der Waals surface area contributed by atoms with Gasteiger partial charge in [-0.25, -0.2) is 27.5 Å². The maximum absolute atomic E-state index is 13.3. The number of aromatic nitrogens is 4. The fraction of sp³-hybridized carbons (Fsp3) is 0.235. The quantitative estimate of drug-likeness (QED) is 0.652. The molecule has 2 aromatic heterocycles. The van der Waals surface area contributed by atoms with Crippen LogP contribution in [0.15, 0.2) is 46.5 Å². The zero-order chi connectivity index (χ0) is 18.5. The third-order valence-corrected chi connectivity index (χ3v) is 5.18. The van der Waals surface area contributed by atoms with E-state index in [0.717, 1.165) is 12.7 Å². The molecule has 1 aromatic carbocycles. The van der Waals surface area contributed by atoms with E-state index in [4.69, 9.17) is 0 Å². The maximum atomic E-state index is 13.3. The Morgan fingerprint density at radius 1 is 1.08 bits per heavy atom. The number of hydrogen-bond acceptors (Lipinski definition) is 5. The third kappa shape index (κ3) is 2.64. The molecule has 4 rings (SSSR count). The highest BCUT2D eigenvalue weighted by Gasteiger charge is 2.27. The van der Waals surface area contributed by atoms with Crippen molar-refractivity contribution in [2.24, 2.45) is 0 Å². The number of sulfone groups is 1. The zero-order valence-corrected chi connectivity index (χ0v) is 14.7. The number of benzene rings is 1. The predicted molar refractivity (Wildman–Crippen MR) is 92.8 cm³/mol. The summed E-state index contributed by atoms with van der Waals surface area (Å²) in [5, 5.41) is -0.300. The van der Waals surface area contributed by atoms with E-state index < -0.39 is 15.7 Å². The molecule has 1 aliphatic rings. The molecular weight excluding hydrogens is 359 g/mol. The Morgan fingerprint density at radius 2 is 1.77 bits per heavy atom. The Labute approximate surface area is 148 Å². The molecular formula is C17H15FN4O3S. The van der Waals surface area contributed by atoms with Gasteiger partial charge in [0.1, 0.15) is 5.82 Å². The zero-order valence-electron chi connectivity index (χ0n) is 13.9. The van der Waals surface area contributed by atoms with Gasteiger partial charge in [0, 0.05) is 25.5 Å². The highest BCUT2D eigenvalue weighted by atomic mass is 32.2. The highest BCUT2D eigenvalue weighted by Crippen LogP contribution is 2.31. The number of halogens is 1. The van der Waals surface area contributed by atoms with Crippen LogP contribution in [-0.2, 0) is 22.9 Å². The first-order valence-corrected chi connectivity index (χ1v) is 9.88. The average molecular weight is 374 g/mol. The standard InChI is InChI=1S/C17H15FN4O3S/c1-26(24,25)17-19-8-7-13(20-17)15-14(11-3-5-12(18)6-4-11)16(23)22-10-2-9-21(15)22/h3-8H,2,9-10H2,1H3. The van der Waals surface area contributed by atoms with Gasteiger partial charge in [0.05, 0.1) is 17.0 Å². The number of rotatable bonds is 3. The smallest absolute Gasteiger partial charge is 0.275 e. The molecule has 0 aliphatic carbocycles. The topological polar surface area (TPSA) is 86.9 Å². The van der Waals surface area contributed by atoms with Gasteiger partial charge >= 0.3 is 0 Å². The fourth-order valence-electron chi connectivity index (χ4n) is 3.20. The summed E-state index contributed by atoms with van der Waals surface area (Å²) in [5.41, 5.74) is 1.59. The van der Waals surface area contributed by atoms with Crippen LogP contribution >= 0.6 is 0 Å². The van der Waals surface area contributed by atoms with E-state index in [1.165, 1.54) is 30.5 Å². The fourth-order valence-corrected chi connectivity index (χ4v) is 3.72. The maximum Gasteiger partial charge on any atom is 0.275 e. The average Bonchev–Trinajstić information content (AvgIpc) is 3.17. The van der Waals surface area contributed by atoms with Crippen molar-refractivity contribution < 1.29 is 12.8 Å². The van der Waals surface area contributed by atoms with Crippen molar-refractivity contribution in [2.75, 3.05) is 6.26 Å². The van der Waals surface area contributed by atoms with Gasteiger partial charge in [-0.15, -0.1) is 0 Å². The molecule has 0 unspecified atom stereocenters. The van der Waals surface area contributed by atoms with Gasteiger partial charge in [0.15, 0.2) is 0 Å². The van der Waals surface area contributed by atoms with Crippen LogP contribution in [0.4, 0.5) is 4.39 Å². The van der Waals surface area contributed by atoms with Crippen molar-refractivity contribution in [2.45, 2.75) is 24.7 Å². The van der Waals surface area contributed by atoms with Gasteiger partial charge in [-0.05, 0) is 30.2 Å². The molecule has 0 fully saturated rings. The SMILES string of the molecule is CS(=O)(=O)c1nccc(-c2c(-c3ccc(F)cc3)c(=O)n3n2CCC3)n1. The second-order valence-corrected chi connectivity index (χ2v) is 8.04. The molecule has 26 heavy (non-hydrogen) atoms. The minimum absolute atomic E-state index is 0.205. The van der Waals surface area contributed by atoms with Crippen LogP contribution in [0.1, 0.15) is 6.42 Å². The van der Waals surface area contributed by atoms with Crippen molar-refractivity contribution in [3.8, 4) is 22.5 Å². The molecule has 9 heteroatoms. The van der Waals surface area contributed by atoms with Crippen molar-refractivity contribution >= 4 is 9.84 Å². The summed E-state index contributed by atoms with van der Waals surface area (Å²) in [5.74, 6) is -0.399. The van der Waals surface area contributed by atoms with Gasteiger partial charge < -0.3 is 0 Å². The molecule has 7 nitrogen and oxygen atoms in total. The lowest BCUT2D eigenvalue weighted by Crippen LogP contribution is -2.17. The molecule has 0 bridgehead atoms. The van der Waals surface area contributed by atoms with Crippen LogP contribution in [0, 0.1) is 5.82 Å². The van der Waals surface area contributed by atoms with E-state index in [0.29, 0.717) is 35.6 Å². The number of fused-ring (bicyclic) bond motifs is 1. The Kier molecular flexibility index (Phi) is 3.76. The summed E-state index contributed by atoms with van der Waals surface area (Å²) < 4.78 is 40.3. The van der Waals surface area contributed by atoms with Crippen molar-refractivity contribution in [3.05, 3.63) is 52.7 Å². The molecule has 0 saturated carbocycles. The molecule has 0 N–H and O–H groups in total. The molecule has 3 aromatic rings. The van der Waals surface area contributed by atoms with Gasteiger partial charge in [0.2, 0.25) is 15.0 Å². The van der Waals surface area contributed by atoms with E-state index >= 15 is 0 Å². The summed E-state index contributed by atoms with van der Waals surface area (Å²) >= 11 is 0. The van der Waals surface area contributed by atoms with Crippen LogP contribution < -0.4 is 5.56 Å². The molecule has 1 aliphatic heterocycles. The second-order valence-electron chi connectivity index (χ2n) is 6.13. The highest BCUT2D eigenvalue weighted by molar-refractivity contribution is 7.90. The lowest BCUT2D eigenvalue weighted by atomic mass is 10.0. The lowest BCUT2D eigenvalue weighted by Gasteiger charge is -2.08. The van der Waals surface area contributed by atoms with Gasteiger partial charge in [-0.2, -0.15) is 0 Å².